The van der Waals surface area contributed by atoms with Crippen molar-refractivity contribution in [3.05, 3.63) is 34.3 Å². The first-order valence-electron chi connectivity index (χ1n) is 6.40. The van der Waals surface area contributed by atoms with Crippen LogP contribution in [0.1, 0.15) is 30.9 Å². The number of likely N-dealkylation sites (N-methyl/N-ethyl adjacent to an activating group) is 1. The number of hydrogen-bond donors (Lipinski definition) is 1. The van der Waals surface area contributed by atoms with Gasteiger partial charge in [0, 0.05) is 24.2 Å². The molecule has 0 bridgehead atoms. The first kappa shape index (κ1) is 12.0. The smallest absolute Gasteiger partial charge is 0.233 e. The summed E-state index contributed by atoms with van der Waals surface area (Å²) in [4.78, 5) is 14.5. The Hall–Kier alpha value is -1.06. The van der Waals surface area contributed by atoms with E-state index in [-0.39, 0.29) is 11.9 Å². The predicted molar refractivity (Wildman–Crippen MR) is 71.4 cm³/mol. The molecule has 18 heavy (non-hydrogen) atoms. The molecule has 1 fully saturated rings. The van der Waals surface area contributed by atoms with Gasteiger partial charge in [-0.05, 0) is 43.0 Å². The average molecular weight is 265 g/mol. The molecule has 1 saturated carbocycles. The molecule has 1 aromatic carbocycles. The lowest BCUT2D eigenvalue weighted by Crippen LogP contribution is -2.61. The molecular formula is C14H17ClN2O. The van der Waals surface area contributed by atoms with Crippen LogP contribution in [-0.4, -0.2) is 23.4 Å². The Kier molecular flexibility index (Phi) is 2.65. The lowest BCUT2D eigenvalue weighted by atomic mass is 9.58. The van der Waals surface area contributed by atoms with Crippen LogP contribution in [0.5, 0.6) is 0 Å². The fourth-order valence-corrected chi connectivity index (χ4v) is 3.48. The van der Waals surface area contributed by atoms with Crippen LogP contribution in [0, 0.1) is 0 Å². The normalized spacial score (nSPS) is 30.3. The second-order valence-electron chi connectivity index (χ2n) is 5.37. The summed E-state index contributed by atoms with van der Waals surface area (Å²) in [6, 6.07) is 6.03. The standard InChI is InChI=1S/C14H17ClN2O/c1-2-17-8-9-3-4-10(15)5-12(9)14(13(17)18)6-11(16)7-14/h3-5,11H,2,6-8,16H2,1H3. The Balaban J connectivity index is 2.12. The average Bonchev–Trinajstić information content (AvgIpc) is 2.31. The van der Waals surface area contributed by atoms with E-state index in [1.807, 2.05) is 30.0 Å². The lowest BCUT2D eigenvalue weighted by molar-refractivity contribution is -0.143. The maximum Gasteiger partial charge on any atom is 0.233 e. The van der Waals surface area contributed by atoms with Crippen LogP contribution in [-0.2, 0) is 16.8 Å². The molecular weight excluding hydrogens is 248 g/mol. The largest absolute Gasteiger partial charge is 0.338 e. The van der Waals surface area contributed by atoms with Gasteiger partial charge in [-0.1, -0.05) is 17.7 Å². The van der Waals surface area contributed by atoms with Gasteiger partial charge >= 0.3 is 0 Å². The van der Waals surface area contributed by atoms with Gasteiger partial charge in [0.2, 0.25) is 5.91 Å². The summed E-state index contributed by atoms with van der Waals surface area (Å²) in [6.07, 6.45) is 1.49. The van der Waals surface area contributed by atoms with Gasteiger partial charge in [0.1, 0.15) is 0 Å². The van der Waals surface area contributed by atoms with E-state index >= 15 is 0 Å². The van der Waals surface area contributed by atoms with Gasteiger partial charge in [0.25, 0.3) is 0 Å². The first-order chi connectivity index (χ1) is 8.56. The molecule has 3 rings (SSSR count). The molecule has 2 N–H and O–H groups in total. The minimum absolute atomic E-state index is 0.137. The molecule has 1 amide bonds. The van der Waals surface area contributed by atoms with Crippen LogP contribution in [0.15, 0.2) is 18.2 Å². The summed E-state index contributed by atoms with van der Waals surface area (Å²) in [5.41, 5.74) is 7.85. The van der Waals surface area contributed by atoms with Gasteiger partial charge in [-0.2, -0.15) is 0 Å². The van der Waals surface area contributed by atoms with Crippen LogP contribution >= 0.6 is 11.6 Å². The molecule has 0 radical (unpaired) electrons. The van der Waals surface area contributed by atoms with E-state index in [1.54, 1.807) is 0 Å². The number of nitrogens with zero attached hydrogens (tertiary/aromatic N) is 1. The zero-order valence-corrected chi connectivity index (χ0v) is 11.2. The van der Waals surface area contributed by atoms with Crippen molar-refractivity contribution in [2.45, 2.75) is 37.8 Å². The molecule has 2 aliphatic rings. The molecule has 4 heteroatoms. The van der Waals surface area contributed by atoms with E-state index in [4.69, 9.17) is 17.3 Å². The second kappa shape index (κ2) is 3.97. The zero-order chi connectivity index (χ0) is 12.9. The summed E-state index contributed by atoms with van der Waals surface area (Å²) in [6.45, 7) is 3.46. The highest BCUT2D eigenvalue weighted by molar-refractivity contribution is 6.30. The monoisotopic (exact) mass is 264 g/mol. The van der Waals surface area contributed by atoms with Crippen LogP contribution in [0.3, 0.4) is 0 Å². The summed E-state index contributed by atoms with van der Waals surface area (Å²) in [5, 5.41) is 0.700. The summed E-state index contributed by atoms with van der Waals surface area (Å²) >= 11 is 6.08. The maximum absolute atomic E-state index is 12.6. The highest BCUT2D eigenvalue weighted by Gasteiger charge is 2.54. The summed E-state index contributed by atoms with van der Waals surface area (Å²) in [5.74, 6) is 0.224. The number of halogens is 1. The van der Waals surface area contributed by atoms with E-state index in [0.29, 0.717) is 11.6 Å². The number of carbonyl (C=O) groups is 1. The van der Waals surface area contributed by atoms with Crippen LogP contribution in [0.25, 0.3) is 0 Å². The van der Waals surface area contributed by atoms with Crippen molar-refractivity contribution in [2.75, 3.05) is 6.54 Å². The van der Waals surface area contributed by atoms with Crippen molar-refractivity contribution in [1.82, 2.24) is 4.90 Å². The molecule has 0 unspecified atom stereocenters. The van der Waals surface area contributed by atoms with Crippen molar-refractivity contribution in [3.8, 4) is 0 Å². The van der Waals surface area contributed by atoms with Gasteiger partial charge in [-0.3, -0.25) is 4.79 Å². The van der Waals surface area contributed by atoms with Gasteiger partial charge in [-0.25, -0.2) is 0 Å². The second-order valence-corrected chi connectivity index (χ2v) is 5.81. The molecule has 3 nitrogen and oxygen atoms in total. The van der Waals surface area contributed by atoms with Crippen molar-refractivity contribution in [3.63, 3.8) is 0 Å². The Morgan fingerprint density at radius 2 is 2.22 bits per heavy atom. The number of amides is 1. The van der Waals surface area contributed by atoms with Crippen LogP contribution < -0.4 is 5.73 Å². The Morgan fingerprint density at radius 1 is 1.50 bits per heavy atom. The van der Waals surface area contributed by atoms with E-state index in [1.165, 1.54) is 5.56 Å². The number of benzene rings is 1. The van der Waals surface area contributed by atoms with Crippen molar-refractivity contribution >= 4 is 17.5 Å². The Labute approximate surface area is 112 Å². The fraction of sp³-hybridized carbons (Fsp3) is 0.500. The maximum atomic E-state index is 12.6. The van der Waals surface area contributed by atoms with Gasteiger partial charge in [-0.15, -0.1) is 0 Å². The quantitative estimate of drug-likeness (QED) is 0.844. The van der Waals surface area contributed by atoms with Gasteiger partial charge in [0.05, 0.1) is 5.41 Å². The van der Waals surface area contributed by atoms with Gasteiger partial charge in [0.15, 0.2) is 0 Å². The van der Waals surface area contributed by atoms with Crippen molar-refractivity contribution < 1.29 is 4.79 Å². The molecule has 1 heterocycles. The third kappa shape index (κ3) is 1.50. The fourth-order valence-electron chi connectivity index (χ4n) is 3.31. The Bertz CT molecular complexity index is 509. The molecule has 96 valence electrons. The predicted octanol–water partition coefficient (Wildman–Crippen LogP) is 2.06. The molecule has 0 atom stereocenters. The van der Waals surface area contributed by atoms with E-state index in [2.05, 4.69) is 0 Å². The third-order valence-electron chi connectivity index (χ3n) is 4.25. The van der Waals surface area contributed by atoms with E-state index in [9.17, 15) is 4.79 Å². The first-order valence-corrected chi connectivity index (χ1v) is 6.78. The summed E-state index contributed by atoms with van der Waals surface area (Å²) < 4.78 is 0. The molecule has 0 aromatic heterocycles. The molecule has 1 spiro atoms. The molecule has 1 aliphatic carbocycles. The highest BCUT2D eigenvalue weighted by atomic mass is 35.5. The lowest BCUT2D eigenvalue weighted by Gasteiger charge is -2.51. The van der Waals surface area contributed by atoms with Crippen LogP contribution in [0.2, 0.25) is 5.02 Å². The van der Waals surface area contributed by atoms with E-state index in [0.717, 1.165) is 24.9 Å². The third-order valence-corrected chi connectivity index (χ3v) is 4.48. The van der Waals surface area contributed by atoms with Crippen molar-refractivity contribution in [2.24, 2.45) is 5.73 Å². The number of carbonyl (C=O) groups excluding carboxylic acids is 1. The molecule has 0 saturated heterocycles. The van der Waals surface area contributed by atoms with E-state index < -0.39 is 5.41 Å². The van der Waals surface area contributed by atoms with Gasteiger partial charge < -0.3 is 10.6 Å². The number of nitrogens with two attached hydrogens (primary N) is 1. The molecule has 1 aliphatic heterocycles. The summed E-state index contributed by atoms with van der Waals surface area (Å²) in [7, 11) is 0. The minimum Gasteiger partial charge on any atom is -0.338 e. The minimum atomic E-state index is -0.395. The van der Waals surface area contributed by atoms with Crippen LogP contribution in [0.4, 0.5) is 0 Å². The number of rotatable bonds is 1. The highest BCUT2D eigenvalue weighted by Crippen LogP contribution is 2.49. The number of hydrogen-bond acceptors (Lipinski definition) is 2. The Morgan fingerprint density at radius 3 is 2.83 bits per heavy atom. The molecule has 1 aromatic rings. The zero-order valence-electron chi connectivity index (χ0n) is 10.4. The van der Waals surface area contributed by atoms with Crippen molar-refractivity contribution in [1.29, 1.82) is 0 Å². The SMILES string of the molecule is CCN1Cc2ccc(Cl)cc2C2(CC(N)C2)C1=O. The number of fused-ring (bicyclic) bond motifs is 2. The topological polar surface area (TPSA) is 46.3 Å².